The van der Waals surface area contributed by atoms with Crippen molar-refractivity contribution in [2.45, 2.75) is 70.1 Å². The van der Waals surface area contributed by atoms with Crippen molar-refractivity contribution < 1.29 is 4.79 Å². The highest BCUT2D eigenvalue weighted by Crippen LogP contribution is 2.47. The van der Waals surface area contributed by atoms with E-state index in [1.165, 1.54) is 34.5 Å². The molecule has 1 aromatic carbocycles. The number of rotatable bonds is 4. The van der Waals surface area contributed by atoms with Crippen LogP contribution in [-0.4, -0.2) is 28.9 Å². The van der Waals surface area contributed by atoms with Crippen molar-refractivity contribution in [3.8, 4) is 11.3 Å². The molecule has 3 heterocycles. The highest BCUT2D eigenvalue weighted by atomic mass is 79.9. The summed E-state index contributed by atoms with van der Waals surface area (Å²) in [7, 11) is 0. The van der Waals surface area contributed by atoms with Gasteiger partial charge in [-0.3, -0.25) is 4.79 Å². The molecule has 0 N–H and O–H groups in total. The first-order valence-corrected chi connectivity index (χ1v) is 15.0. The fraction of sp³-hybridized carbons (Fsp3) is 0.448. The molecule has 0 saturated carbocycles. The number of piperidine rings is 1. The maximum atomic E-state index is 12.6. The van der Waals surface area contributed by atoms with Crippen LogP contribution in [0.2, 0.25) is 0 Å². The summed E-state index contributed by atoms with van der Waals surface area (Å²) in [6, 6.07) is 9.04. The van der Waals surface area contributed by atoms with E-state index in [9.17, 15) is 4.79 Å². The first-order chi connectivity index (χ1) is 16.6. The molecule has 3 aromatic rings. The van der Waals surface area contributed by atoms with E-state index in [2.05, 4.69) is 67.2 Å². The molecule has 1 amide bonds. The molecule has 2 aromatic heterocycles. The predicted molar refractivity (Wildman–Crippen MR) is 152 cm³/mol. The van der Waals surface area contributed by atoms with Gasteiger partial charge in [-0.15, -0.1) is 22.7 Å². The minimum Gasteiger partial charge on any atom is -0.339 e. The molecule has 0 radical (unpaired) electrons. The lowest BCUT2D eigenvalue weighted by molar-refractivity contribution is -0.126. The quantitative estimate of drug-likeness (QED) is 0.296. The summed E-state index contributed by atoms with van der Waals surface area (Å²) in [5.41, 5.74) is 5.73. The molecule has 0 atom stereocenters. The molecular formula is C29H33BrN2OS2. The Hall–Kier alpha value is -1.76. The van der Waals surface area contributed by atoms with Gasteiger partial charge in [0.2, 0.25) is 5.91 Å². The number of benzene rings is 1. The van der Waals surface area contributed by atoms with Gasteiger partial charge in [-0.05, 0) is 81.8 Å². The number of hydrogen-bond acceptors (Lipinski definition) is 4. The zero-order valence-electron chi connectivity index (χ0n) is 20.9. The van der Waals surface area contributed by atoms with Crippen LogP contribution < -0.4 is 0 Å². The number of hydrogen-bond donors (Lipinski definition) is 0. The van der Waals surface area contributed by atoms with Gasteiger partial charge >= 0.3 is 0 Å². The van der Waals surface area contributed by atoms with Crippen molar-refractivity contribution in [1.29, 1.82) is 0 Å². The van der Waals surface area contributed by atoms with Crippen molar-refractivity contribution in [2.75, 3.05) is 13.1 Å². The van der Waals surface area contributed by atoms with Crippen LogP contribution in [0, 0.1) is 0 Å². The molecule has 5 rings (SSSR count). The summed E-state index contributed by atoms with van der Waals surface area (Å²) < 4.78 is 1.06. The van der Waals surface area contributed by atoms with Gasteiger partial charge in [-0.2, -0.15) is 0 Å². The van der Waals surface area contributed by atoms with Gasteiger partial charge in [0.05, 0.1) is 10.7 Å². The van der Waals surface area contributed by atoms with Crippen LogP contribution in [0.15, 0.2) is 45.6 Å². The van der Waals surface area contributed by atoms with E-state index in [1.807, 2.05) is 22.4 Å². The van der Waals surface area contributed by atoms with Gasteiger partial charge in [0.1, 0.15) is 0 Å². The monoisotopic (exact) mass is 568 g/mol. The minimum atomic E-state index is 0.104. The molecule has 2 aliphatic rings. The molecule has 0 unspecified atom stereocenters. The second-order valence-electron chi connectivity index (χ2n) is 11.2. The summed E-state index contributed by atoms with van der Waals surface area (Å²) in [5, 5.41) is 5.46. The van der Waals surface area contributed by atoms with E-state index in [4.69, 9.17) is 4.98 Å². The number of halogens is 1. The van der Waals surface area contributed by atoms with Crippen LogP contribution in [0.3, 0.4) is 0 Å². The fourth-order valence-electron chi connectivity index (χ4n) is 5.38. The zero-order valence-corrected chi connectivity index (χ0v) is 24.2. The largest absolute Gasteiger partial charge is 0.339 e. The topological polar surface area (TPSA) is 33.2 Å². The fourth-order valence-corrected chi connectivity index (χ4v) is 7.71. The Morgan fingerprint density at radius 2 is 1.74 bits per heavy atom. The molecular weight excluding hydrogens is 536 g/mol. The summed E-state index contributed by atoms with van der Waals surface area (Å²) in [5.74, 6) is 0.537. The van der Waals surface area contributed by atoms with Crippen LogP contribution >= 0.6 is 38.6 Å². The third-order valence-corrected chi connectivity index (χ3v) is 10.5. The number of carbonyl (C=O) groups is 1. The van der Waals surface area contributed by atoms with Crippen molar-refractivity contribution in [3.05, 3.63) is 66.6 Å². The molecule has 1 aliphatic carbocycles. The van der Waals surface area contributed by atoms with E-state index in [0.717, 1.165) is 41.0 Å². The Kier molecular flexibility index (Phi) is 6.84. The third kappa shape index (κ3) is 5.21. The van der Waals surface area contributed by atoms with Crippen LogP contribution in [0.25, 0.3) is 17.3 Å². The smallest absolute Gasteiger partial charge is 0.246 e. The second kappa shape index (κ2) is 9.60. The van der Waals surface area contributed by atoms with E-state index in [0.29, 0.717) is 5.92 Å². The number of thiophene rings is 1. The first-order valence-electron chi connectivity index (χ1n) is 12.4. The van der Waals surface area contributed by atoms with E-state index >= 15 is 0 Å². The Bertz CT molecular complexity index is 1260. The number of carbonyl (C=O) groups excluding carboxylic acids is 1. The van der Waals surface area contributed by atoms with Gasteiger partial charge in [0.25, 0.3) is 0 Å². The Morgan fingerprint density at radius 3 is 2.43 bits per heavy atom. The maximum Gasteiger partial charge on any atom is 0.246 e. The molecule has 184 valence electrons. The first kappa shape index (κ1) is 24.9. The lowest BCUT2D eigenvalue weighted by Gasteiger charge is -2.42. The van der Waals surface area contributed by atoms with Crippen LogP contribution in [0.4, 0.5) is 0 Å². The second-order valence-corrected chi connectivity index (χ2v) is 13.9. The summed E-state index contributed by atoms with van der Waals surface area (Å²) in [4.78, 5) is 20.8. The Labute approximate surface area is 225 Å². The van der Waals surface area contributed by atoms with Gasteiger partial charge in [0.15, 0.2) is 0 Å². The average Bonchev–Trinajstić information content (AvgIpc) is 3.50. The molecule has 0 spiro atoms. The highest BCUT2D eigenvalue weighted by Gasteiger charge is 2.37. The number of amides is 1. The lowest BCUT2D eigenvalue weighted by atomic mass is 9.63. The van der Waals surface area contributed by atoms with Crippen molar-refractivity contribution in [1.82, 2.24) is 9.88 Å². The zero-order chi connectivity index (χ0) is 24.8. The number of likely N-dealkylation sites (tertiary alicyclic amines) is 1. The minimum absolute atomic E-state index is 0.104. The number of fused-ring (bicyclic) bond motifs is 1. The van der Waals surface area contributed by atoms with Crippen molar-refractivity contribution in [2.24, 2.45) is 0 Å². The number of nitrogens with zero attached hydrogens (tertiary/aromatic N) is 2. The van der Waals surface area contributed by atoms with Crippen LogP contribution in [0.1, 0.15) is 80.3 Å². The maximum absolute atomic E-state index is 12.6. The van der Waals surface area contributed by atoms with Crippen molar-refractivity contribution >= 4 is 50.6 Å². The standard InChI is InChI=1S/C29H33BrN2OS2/c1-28(2)11-12-29(3,4)24-15-20(5-7-23(24)28)25-18-35-27(31-25)19-9-13-32(14-10-19)26(33)8-6-22-16-21(30)17-34-22/h5-8,15-19H,9-14H2,1-4H3. The predicted octanol–water partition coefficient (Wildman–Crippen LogP) is 8.40. The van der Waals surface area contributed by atoms with Gasteiger partial charge in [0, 0.05) is 50.8 Å². The van der Waals surface area contributed by atoms with E-state index in [1.54, 1.807) is 28.7 Å². The molecule has 1 aliphatic heterocycles. The van der Waals surface area contributed by atoms with E-state index < -0.39 is 0 Å². The van der Waals surface area contributed by atoms with Crippen LogP contribution in [-0.2, 0) is 15.6 Å². The van der Waals surface area contributed by atoms with Crippen molar-refractivity contribution in [3.63, 3.8) is 0 Å². The molecule has 0 bridgehead atoms. The Morgan fingerprint density at radius 1 is 1.03 bits per heavy atom. The lowest BCUT2D eigenvalue weighted by Crippen LogP contribution is -2.36. The SMILES string of the molecule is CC1(C)CCC(C)(C)c2cc(-c3csc(C4CCN(C(=O)C=Cc5cc(Br)cs5)CC4)n3)ccc21. The third-order valence-electron chi connectivity index (χ3n) is 7.80. The molecule has 6 heteroatoms. The Balaban J connectivity index is 1.25. The highest BCUT2D eigenvalue weighted by molar-refractivity contribution is 9.10. The van der Waals surface area contributed by atoms with Crippen LogP contribution in [0.5, 0.6) is 0 Å². The summed E-state index contributed by atoms with van der Waals surface area (Å²) >= 11 is 6.87. The van der Waals surface area contributed by atoms with Gasteiger partial charge < -0.3 is 4.90 Å². The van der Waals surface area contributed by atoms with Gasteiger partial charge in [-0.1, -0.05) is 39.8 Å². The number of aromatic nitrogens is 1. The average molecular weight is 570 g/mol. The summed E-state index contributed by atoms with van der Waals surface area (Å²) in [6.07, 6.45) is 8.02. The normalized spacial score (nSPS) is 19.7. The van der Waals surface area contributed by atoms with Gasteiger partial charge in [-0.25, -0.2) is 4.98 Å². The van der Waals surface area contributed by atoms with E-state index in [-0.39, 0.29) is 16.7 Å². The molecule has 35 heavy (non-hydrogen) atoms. The number of thiazole rings is 1. The molecule has 3 nitrogen and oxygen atoms in total. The molecule has 1 saturated heterocycles. The molecule has 1 fully saturated rings. The summed E-state index contributed by atoms with van der Waals surface area (Å²) in [6.45, 7) is 11.1.